The zero-order valence-electron chi connectivity index (χ0n) is 9.92. The van der Waals surface area contributed by atoms with Crippen molar-refractivity contribution in [1.29, 1.82) is 0 Å². The van der Waals surface area contributed by atoms with Gasteiger partial charge in [0.25, 0.3) is 0 Å². The molecule has 0 spiro atoms. The van der Waals surface area contributed by atoms with E-state index < -0.39 is 0 Å². The van der Waals surface area contributed by atoms with Gasteiger partial charge in [-0.3, -0.25) is 0 Å². The Bertz CT molecular complexity index is 500. The van der Waals surface area contributed by atoms with Crippen LogP contribution in [0.2, 0.25) is 0 Å². The Morgan fingerprint density at radius 3 is 2.39 bits per heavy atom. The molecule has 1 aromatic carbocycles. The molecule has 0 saturated carbocycles. The molecule has 18 heavy (non-hydrogen) atoms. The van der Waals surface area contributed by atoms with Gasteiger partial charge in [-0.2, -0.15) is 0 Å². The summed E-state index contributed by atoms with van der Waals surface area (Å²) in [6.45, 7) is 2.19. The Labute approximate surface area is 134 Å². The Hall–Kier alpha value is 0.170. The number of rotatable bonds is 4. The molecule has 0 aliphatic heterocycles. The molecule has 0 bridgehead atoms. The molecular weight excluding hydrogens is 395 g/mol. The molecule has 0 N–H and O–H groups in total. The van der Waals surface area contributed by atoms with Crippen LogP contribution in [-0.4, -0.2) is 0 Å². The van der Waals surface area contributed by atoms with Crippen molar-refractivity contribution in [3.05, 3.63) is 54.6 Å². The maximum absolute atomic E-state index is 6.52. The fourth-order valence-electron chi connectivity index (χ4n) is 1.79. The number of thiophene rings is 1. The predicted molar refractivity (Wildman–Crippen MR) is 87.9 cm³/mol. The van der Waals surface area contributed by atoms with Crippen molar-refractivity contribution in [2.24, 2.45) is 0 Å². The number of aryl methyl sites for hydroxylation is 1. The lowest BCUT2D eigenvalue weighted by molar-refractivity contribution is 0.920. The van der Waals surface area contributed by atoms with E-state index in [1.807, 2.05) is 0 Å². The maximum atomic E-state index is 6.52. The maximum Gasteiger partial charge on any atom is 0.0928 e. The smallest absolute Gasteiger partial charge is 0.0928 e. The number of alkyl halides is 1. The second-order valence-corrected chi connectivity index (χ2v) is 7.82. The van der Waals surface area contributed by atoms with Crippen molar-refractivity contribution in [3.8, 4) is 0 Å². The van der Waals surface area contributed by atoms with Crippen molar-refractivity contribution in [2.45, 2.75) is 25.1 Å². The number of benzene rings is 1. The van der Waals surface area contributed by atoms with E-state index in [4.69, 9.17) is 11.6 Å². The third-order valence-corrected chi connectivity index (χ3v) is 6.66. The zero-order valence-corrected chi connectivity index (χ0v) is 14.7. The second-order valence-electron chi connectivity index (χ2n) is 4.12. The first kappa shape index (κ1) is 14.6. The molecule has 0 fully saturated rings. The Morgan fingerprint density at radius 2 is 1.89 bits per heavy atom. The normalized spacial score (nSPS) is 12.7. The van der Waals surface area contributed by atoms with Crippen molar-refractivity contribution in [3.63, 3.8) is 0 Å². The van der Waals surface area contributed by atoms with Crippen molar-refractivity contribution < 1.29 is 0 Å². The third-order valence-electron chi connectivity index (χ3n) is 2.73. The monoisotopic (exact) mass is 406 g/mol. The summed E-state index contributed by atoms with van der Waals surface area (Å²) >= 11 is 15.2. The van der Waals surface area contributed by atoms with Crippen molar-refractivity contribution in [1.82, 2.24) is 0 Å². The van der Waals surface area contributed by atoms with Crippen LogP contribution in [-0.2, 0) is 6.42 Å². The molecule has 0 nitrogen and oxygen atoms in total. The van der Waals surface area contributed by atoms with E-state index in [2.05, 4.69) is 69.1 Å². The van der Waals surface area contributed by atoms with Crippen molar-refractivity contribution in [2.75, 3.05) is 0 Å². The lowest BCUT2D eigenvalue weighted by Crippen LogP contribution is -1.91. The summed E-state index contributed by atoms with van der Waals surface area (Å²) in [5.74, 6) is 0. The van der Waals surface area contributed by atoms with Gasteiger partial charge in [-0.05, 0) is 55.5 Å². The minimum Gasteiger partial charge on any atom is -0.130 e. The van der Waals surface area contributed by atoms with Crippen LogP contribution in [0.4, 0.5) is 0 Å². The lowest BCUT2D eigenvalue weighted by atomic mass is 10.1. The van der Waals surface area contributed by atoms with Gasteiger partial charge in [0.1, 0.15) is 0 Å². The van der Waals surface area contributed by atoms with Gasteiger partial charge in [0.2, 0.25) is 0 Å². The summed E-state index contributed by atoms with van der Waals surface area (Å²) in [4.78, 5) is 1.15. The first-order valence-electron chi connectivity index (χ1n) is 5.79. The van der Waals surface area contributed by atoms with E-state index in [0.717, 1.165) is 25.1 Å². The van der Waals surface area contributed by atoms with Gasteiger partial charge in [0.05, 0.1) is 9.16 Å². The summed E-state index contributed by atoms with van der Waals surface area (Å²) in [5, 5.41) is -0.0757. The Morgan fingerprint density at radius 1 is 1.22 bits per heavy atom. The highest BCUT2D eigenvalue weighted by molar-refractivity contribution is 9.13. The first-order valence-corrected chi connectivity index (χ1v) is 8.63. The summed E-state index contributed by atoms with van der Waals surface area (Å²) in [6, 6.07) is 10.7. The van der Waals surface area contributed by atoms with Gasteiger partial charge in [-0.25, -0.2) is 0 Å². The fraction of sp³-hybridized carbons (Fsp3) is 0.286. The summed E-state index contributed by atoms with van der Waals surface area (Å²) in [5.41, 5.74) is 2.52. The molecule has 0 saturated heterocycles. The highest BCUT2D eigenvalue weighted by atomic mass is 79.9. The Balaban J connectivity index is 2.20. The highest BCUT2D eigenvalue weighted by Gasteiger charge is 2.15. The van der Waals surface area contributed by atoms with Gasteiger partial charge in [-0.1, -0.05) is 37.6 Å². The second kappa shape index (κ2) is 6.56. The van der Waals surface area contributed by atoms with E-state index in [1.54, 1.807) is 11.3 Å². The molecule has 0 aliphatic rings. The van der Waals surface area contributed by atoms with Gasteiger partial charge >= 0.3 is 0 Å². The SMILES string of the molecule is CCCc1ccc(C(Cl)c2cc(Br)c(Br)s2)cc1. The van der Waals surface area contributed by atoms with Gasteiger partial charge in [-0.15, -0.1) is 22.9 Å². The van der Waals surface area contributed by atoms with E-state index >= 15 is 0 Å². The largest absolute Gasteiger partial charge is 0.130 e. The van der Waals surface area contributed by atoms with Crippen LogP contribution < -0.4 is 0 Å². The van der Waals surface area contributed by atoms with Crippen LogP contribution in [0.5, 0.6) is 0 Å². The zero-order chi connectivity index (χ0) is 13.1. The number of halogens is 3. The Kier molecular flexibility index (Phi) is 5.31. The molecular formula is C14H13Br2ClS. The van der Waals surface area contributed by atoms with Crippen LogP contribution >= 0.6 is 54.8 Å². The molecule has 0 amide bonds. The van der Waals surface area contributed by atoms with E-state index in [0.29, 0.717) is 0 Å². The average Bonchev–Trinajstić information content (AvgIpc) is 2.70. The van der Waals surface area contributed by atoms with Crippen LogP contribution in [0.3, 0.4) is 0 Å². The average molecular weight is 409 g/mol. The van der Waals surface area contributed by atoms with Crippen LogP contribution in [0.1, 0.15) is 34.7 Å². The standard InChI is InChI=1S/C14H13Br2ClS/c1-2-3-9-4-6-10(7-5-9)13(17)12-8-11(15)14(16)18-12/h4-8,13H,2-3H2,1H3. The summed E-state index contributed by atoms with van der Waals surface area (Å²) in [6.07, 6.45) is 2.30. The minimum atomic E-state index is -0.0757. The molecule has 1 unspecified atom stereocenters. The topological polar surface area (TPSA) is 0 Å². The third kappa shape index (κ3) is 3.38. The highest BCUT2D eigenvalue weighted by Crippen LogP contribution is 2.40. The van der Waals surface area contributed by atoms with Crippen LogP contribution in [0.15, 0.2) is 38.6 Å². The fourth-order valence-corrected chi connectivity index (χ4v) is 4.23. The van der Waals surface area contributed by atoms with Gasteiger partial charge in [0, 0.05) is 9.35 Å². The molecule has 1 atom stereocenters. The quantitative estimate of drug-likeness (QED) is 0.503. The lowest BCUT2D eigenvalue weighted by Gasteiger charge is -2.08. The summed E-state index contributed by atoms with van der Waals surface area (Å²) < 4.78 is 2.15. The van der Waals surface area contributed by atoms with Gasteiger partial charge in [0.15, 0.2) is 0 Å². The van der Waals surface area contributed by atoms with E-state index in [1.165, 1.54) is 12.0 Å². The van der Waals surface area contributed by atoms with Crippen LogP contribution in [0, 0.1) is 0 Å². The van der Waals surface area contributed by atoms with E-state index in [9.17, 15) is 0 Å². The first-order chi connectivity index (χ1) is 8.61. The van der Waals surface area contributed by atoms with E-state index in [-0.39, 0.29) is 5.38 Å². The molecule has 1 heterocycles. The van der Waals surface area contributed by atoms with Gasteiger partial charge < -0.3 is 0 Å². The van der Waals surface area contributed by atoms with Crippen molar-refractivity contribution >= 4 is 54.8 Å². The molecule has 0 aliphatic carbocycles. The molecule has 0 radical (unpaired) electrons. The molecule has 96 valence electrons. The summed E-state index contributed by atoms with van der Waals surface area (Å²) in [7, 11) is 0. The predicted octanol–water partition coefficient (Wildman–Crippen LogP) is 6.55. The van der Waals surface area contributed by atoms with Crippen LogP contribution in [0.25, 0.3) is 0 Å². The molecule has 1 aromatic heterocycles. The molecule has 2 aromatic rings. The minimum absolute atomic E-state index is 0.0757. The molecule has 2 rings (SSSR count). The number of hydrogen-bond donors (Lipinski definition) is 0. The molecule has 4 heteroatoms. The number of hydrogen-bond acceptors (Lipinski definition) is 1.